The van der Waals surface area contributed by atoms with Crippen LogP contribution in [0.15, 0.2) is 24.3 Å². The van der Waals surface area contributed by atoms with Crippen molar-refractivity contribution in [3.8, 4) is 5.75 Å². The fraction of sp³-hybridized carbons (Fsp3) is 0.632. The number of hydrogen-bond donors (Lipinski definition) is 2. The van der Waals surface area contributed by atoms with Gasteiger partial charge >= 0.3 is 18.5 Å². The Balaban J connectivity index is 1.56. The van der Waals surface area contributed by atoms with E-state index in [4.69, 9.17) is 9.94 Å². The van der Waals surface area contributed by atoms with Crippen LogP contribution in [-0.2, 0) is 14.4 Å². The molecule has 1 aromatic rings. The van der Waals surface area contributed by atoms with Crippen molar-refractivity contribution in [2.75, 3.05) is 6.61 Å². The fourth-order valence-electron chi connectivity index (χ4n) is 3.90. The number of carbonyl (C=O) groups excluding carboxylic acids is 1. The minimum absolute atomic E-state index is 0.223. The molecule has 2 atom stereocenters. The second-order valence-electron chi connectivity index (χ2n) is 7.70. The summed E-state index contributed by atoms with van der Waals surface area (Å²) in [5.41, 5.74) is 2.63. The second-order valence-corrected chi connectivity index (χ2v) is 7.70. The Hall–Kier alpha value is -2.05. The van der Waals surface area contributed by atoms with Crippen molar-refractivity contribution >= 4 is 5.97 Å². The number of ether oxygens (including phenoxy) is 2. The van der Waals surface area contributed by atoms with E-state index in [2.05, 4.69) is 15.0 Å². The molecule has 12 heteroatoms. The Bertz CT molecular complexity index is 776. The van der Waals surface area contributed by atoms with Gasteiger partial charge in [-0.25, -0.2) is 0 Å². The van der Waals surface area contributed by atoms with Gasteiger partial charge in [0.05, 0.1) is 24.2 Å². The third kappa shape index (κ3) is 6.01. The van der Waals surface area contributed by atoms with Crippen molar-refractivity contribution in [2.45, 2.75) is 62.4 Å². The van der Waals surface area contributed by atoms with Crippen LogP contribution in [0.1, 0.15) is 43.7 Å². The molecule has 1 aliphatic carbocycles. The fourth-order valence-corrected chi connectivity index (χ4v) is 3.90. The van der Waals surface area contributed by atoms with Gasteiger partial charge in [0.15, 0.2) is 0 Å². The highest BCUT2D eigenvalue weighted by Gasteiger charge is 2.47. The molecular formula is C19H21F6NO5. The van der Waals surface area contributed by atoms with Crippen LogP contribution in [0, 0.1) is 5.92 Å². The molecule has 1 saturated heterocycles. The summed E-state index contributed by atoms with van der Waals surface area (Å²) in [6.45, 7) is -1.35. The molecule has 1 spiro atoms. The second kappa shape index (κ2) is 8.83. The number of hydrogen-bond acceptors (Lipinski definition) is 6. The van der Waals surface area contributed by atoms with E-state index in [0.29, 0.717) is 24.8 Å². The highest BCUT2D eigenvalue weighted by molar-refractivity contribution is 5.72. The molecule has 31 heavy (non-hydrogen) atoms. The minimum atomic E-state index is -4.85. The van der Waals surface area contributed by atoms with Gasteiger partial charge in [-0.1, -0.05) is 12.1 Å². The number of nitrogens with one attached hydrogen (secondary N) is 1. The van der Waals surface area contributed by atoms with Crippen molar-refractivity contribution in [3.05, 3.63) is 29.8 Å². The summed E-state index contributed by atoms with van der Waals surface area (Å²) >= 11 is 0. The quantitative estimate of drug-likeness (QED) is 0.515. The summed E-state index contributed by atoms with van der Waals surface area (Å²) in [4.78, 5) is 17.7. The van der Waals surface area contributed by atoms with Crippen LogP contribution in [0.4, 0.5) is 26.3 Å². The van der Waals surface area contributed by atoms with E-state index >= 15 is 0 Å². The summed E-state index contributed by atoms with van der Waals surface area (Å²) < 4.78 is 83.7. The highest BCUT2D eigenvalue weighted by Crippen LogP contribution is 2.45. The number of hydroxylamine groups is 1. The molecule has 2 fully saturated rings. The first-order chi connectivity index (χ1) is 14.4. The van der Waals surface area contributed by atoms with Gasteiger partial charge in [-0.05, 0) is 43.4 Å². The number of benzene rings is 1. The monoisotopic (exact) mass is 457 g/mol. The van der Waals surface area contributed by atoms with Crippen molar-refractivity contribution in [1.29, 1.82) is 0 Å². The number of rotatable bonds is 5. The Morgan fingerprint density at radius 2 is 1.90 bits per heavy atom. The highest BCUT2D eigenvalue weighted by atomic mass is 19.4. The van der Waals surface area contributed by atoms with Gasteiger partial charge in [0.25, 0.3) is 0 Å². The lowest BCUT2D eigenvalue weighted by Gasteiger charge is -2.35. The number of carbonyl (C=O) groups is 1. The number of aliphatic hydroxyl groups excluding tert-OH is 1. The lowest BCUT2D eigenvalue weighted by atomic mass is 9.76. The number of alkyl halides is 6. The average Bonchev–Trinajstić information content (AvgIpc) is 3.08. The van der Waals surface area contributed by atoms with E-state index in [1.807, 2.05) is 0 Å². The van der Waals surface area contributed by atoms with Crippen LogP contribution in [0.3, 0.4) is 0 Å². The Morgan fingerprint density at radius 1 is 1.23 bits per heavy atom. The van der Waals surface area contributed by atoms with Gasteiger partial charge < -0.3 is 14.6 Å². The number of esters is 1. The van der Waals surface area contributed by atoms with Crippen LogP contribution in [0.5, 0.6) is 5.75 Å². The van der Waals surface area contributed by atoms with Crippen LogP contribution < -0.4 is 10.2 Å². The average molecular weight is 457 g/mol. The van der Waals surface area contributed by atoms with E-state index in [1.54, 1.807) is 6.07 Å². The zero-order chi connectivity index (χ0) is 22.9. The molecule has 0 radical (unpaired) electrons. The van der Waals surface area contributed by atoms with E-state index in [0.717, 1.165) is 0 Å². The van der Waals surface area contributed by atoms with Crippen molar-refractivity contribution < 1.29 is 50.6 Å². The van der Waals surface area contributed by atoms with Crippen molar-refractivity contribution in [1.82, 2.24) is 5.48 Å². The molecule has 0 amide bonds. The molecule has 1 saturated carbocycles. The predicted molar refractivity (Wildman–Crippen MR) is 92.4 cm³/mol. The summed E-state index contributed by atoms with van der Waals surface area (Å²) in [5, 5.41) is 8.80. The van der Waals surface area contributed by atoms with Crippen molar-refractivity contribution in [3.63, 3.8) is 0 Å². The Morgan fingerprint density at radius 3 is 2.48 bits per heavy atom. The third-order valence-corrected chi connectivity index (χ3v) is 5.51. The van der Waals surface area contributed by atoms with E-state index in [-0.39, 0.29) is 18.6 Å². The molecule has 174 valence electrons. The predicted octanol–water partition coefficient (Wildman–Crippen LogP) is 3.95. The first kappa shape index (κ1) is 23.6. The topological polar surface area (TPSA) is 77.0 Å². The largest absolute Gasteiger partial charge is 0.573 e. The van der Waals surface area contributed by atoms with Crippen LogP contribution >= 0.6 is 0 Å². The molecule has 2 aliphatic rings. The maximum atomic E-state index is 12.7. The molecule has 3 rings (SSSR count). The van der Waals surface area contributed by atoms with E-state index in [1.165, 1.54) is 18.2 Å². The van der Waals surface area contributed by atoms with Gasteiger partial charge in [-0.2, -0.15) is 18.7 Å². The normalized spacial score (nSPS) is 27.8. The third-order valence-electron chi connectivity index (χ3n) is 5.51. The molecule has 2 N–H and O–H groups in total. The maximum Gasteiger partial charge on any atom is 0.573 e. The first-order valence-corrected chi connectivity index (χ1v) is 9.58. The summed E-state index contributed by atoms with van der Waals surface area (Å²) in [5.74, 6) is -2.14. The smallest absolute Gasteiger partial charge is 0.450 e. The lowest BCUT2D eigenvalue weighted by molar-refractivity contribution is -0.274. The van der Waals surface area contributed by atoms with Crippen LogP contribution in [0.25, 0.3) is 0 Å². The molecule has 0 bridgehead atoms. The van der Waals surface area contributed by atoms with Gasteiger partial charge in [0.1, 0.15) is 5.75 Å². The molecule has 1 unspecified atom stereocenters. The van der Waals surface area contributed by atoms with E-state index in [9.17, 15) is 31.1 Å². The molecule has 1 aliphatic heterocycles. The molecule has 1 heterocycles. The minimum Gasteiger partial charge on any atom is -0.450 e. The molecule has 1 aromatic carbocycles. The summed E-state index contributed by atoms with van der Waals surface area (Å²) in [6.07, 6.45) is -10.7. The molecule has 6 nitrogen and oxygen atoms in total. The van der Waals surface area contributed by atoms with Crippen molar-refractivity contribution in [2.24, 2.45) is 5.92 Å². The Labute approximate surface area is 173 Å². The zero-order valence-corrected chi connectivity index (χ0v) is 16.1. The van der Waals surface area contributed by atoms with Gasteiger partial charge in [0, 0.05) is 6.42 Å². The molecular weight excluding hydrogens is 436 g/mol. The standard InChI is InChI=1S/C19H21F6NO5/c20-18(21,22)15(10-27)29-16(28)11-4-6-17(7-5-11)9-14(26-31-17)12-2-1-3-13(8-12)30-19(23,24)25/h1-3,8,11,14-15,26-27H,4-7,9-10H2/t11?,14?,15-,17?/m1/s1. The lowest BCUT2D eigenvalue weighted by Crippen LogP contribution is -2.41. The Kier molecular flexibility index (Phi) is 6.72. The van der Waals surface area contributed by atoms with Crippen LogP contribution in [0.2, 0.25) is 0 Å². The summed E-state index contributed by atoms with van der Waals surface area (Å²) in [6, 6.07) is 5.07. The van der Waals surface area contributed by atoms with Gasteiger partial charge in [-0.3, -0.25) is 9.63 Å². The SMILES string of the molecule is O=C(O[C@H](CO)C(F)(F)F)C1CCC2(CC1)CC(c1cccc(OC(F)(F)F)c1)NO2. The van der Waals surface area contributed by atoms with Gasteiger partial charge in [0.2, 0.25) is 6.10 Å². The van der Waals surface area contributed by atoms with Crippen LogP contribution in [-0.4, -0.2) is 41.9 Å². The molecule has 0 aromatic heterocycles. The number of aliphatic hydroxyl groups is 1. The zero-order valence-electron chi connectivity index (χ0n) is 16.1. The number of halogens is 6. The maximum absolute atomic E-state index is 12.7. The summed E-state index contributed by atoms with van der Waals surface area (Å²) in [7, 11) is 0. The first-order valence-electron chi connectivity index (χ1n) is 9.58. The van der Waals surface area contributed by atoms with Gasteiger partial charge in [-0.15, -0.1) is 13.2 Å². The van der Waals surface area contributed by atoms with E-state index < -0.39 is 48.8 Å².